The molecule has 176 valence electrons. The molecule has 1 unspecified atom stereocenters. The number of aliphatic hydroxyl groups excluding tert-OH is 1. The summed E-state index contributed by atoms with van der Waals surface area (Å²) in [6.07, 6.45) is 8.23. The molecule has 1 saturated heterocycles. The lowest BCUT2D eigenvalue weighted by Gasteiger charge is -2.36. The molecule has 0 bridgehead atoms. The molecule has 2 aromatic heterocycles. The van der Waals surface area contributed by atoms with Gasteiger partial charge in [0.25, 0.3) is 0 Å². The van der Waals surface area contributed by atoms with Crippen molar-refractivity contribution in [2.24, 2.45) is 5.92 Å². The van der Waals surface area contributed by atoms with Gasteiger partial charge in [-0.2, -0.15) is 0 Å². The number of piperidine rings is 1. The smallest absolute Gasteiger partial charge is 0.124 e. The molecule has 1 aliphatic carbocycles. The second kappa shape index (κ2) is 9.92. The first-order chi connectivity index (χ1) is 16.1. The Morgan fingerprint density at radius 3 is 2.91 bits per heavy atom. The van der Waals surface area contributed by atoms with Crippen molar-refractivity contribution in [1.82, 2.24) is 24.3 Å². The third-order valence-electron chi connectivity index (χ3n) is 7.60. The van der Waals surface area contributed by atoms with Gasteiger partial charge in [0.05, 0.1) is 29.3 Å². The first-order valence-electron chi connectivity index (χ1n) is 12.6. The molecule has 3 heterocycles. The molecule has 5 rings (SSSR count). The van der Waals surface area contributed by atoms with Crippen LogP contribution in [0.15, 0.2) is 42.6 Å². The lowest BCUT2D eigenvalue weighted by Crippen LogP contribution is -2.43. The van der Waals surface area contributed by atoms with E-state index in [2.05, 4.69) is 64.7 Å². The fourth-order valence-corrected chi connectivity index (χ4v) is 5.83. The lowest BCUT2D eigenvalue weighted by molar-refractivity contribution is -0.0255. The van der Waals surface area contributed by atoms with Crippen molar-refractivity contribution >= 4 is 11.0 Å². The summed E-state index contributed by atoms with van der Waals surface area (Å²) >= 11 is 0. The number of pyridine rings is 1. The van der Waals surface area contributed by atoms with Gasteiger partial charge < -0.3 is 9.67 Å². The van der Waals surface area contributed by atoms with Crippen LogP contribution in [-0.4, -0.2) is 55.8 Å². The zero-order valence-corrected chi connectivity index (χ0v) is 20.0. The number of hydrogen-bond donors (Lipinski definition) is 1. The molecule has 2 aliphatic rings. The number of likely N-dealkylation sites (tertiary alicyclic amines) is 1. The summed E-state index contributed by atoms with van der Waals surface area (Å²) in [4.78, 5) is 14.5. The maximum Gasteiger partial charge on any atom is 0.124 e. The van der Waals surface area contributed by atoms with Crippen LogP contribution in [0.3, 0.4) is 0 Å². The number of benzene rings is 1. The summed E-state index contributed by atoms with van der Waals surface area (Å²) in [7, 11) is 2.22. The molecule has 0 spiro atoms. The third-order valence-corrected chi connectivity index (χ3v) is 7.60. The third kappa shape index (κ3) is 4.70. The summed E-state index contributed by atoms with van der Waals surface area (Å²) in [6, 6.07) is 13.2. The summed E-state index contributed by atoms with van der Waals surface area (Å²) in [5.41, 5.74) is 4.93. The van der Waals surface area contributed by atoms with Crippen molar-refractivity contribution in [3.05, 3.63) is 59.7 Å². The topological polar surface area (TPSA) is 57.4 Å². The minimum Gasteiger partial charge on any atom is -0.378 e. The SMILES string of the molecule is CCC(O)N1CCC[C@@H](Cn2c(CN(C)[C@H]3CCCc4cccnc43)nc3ccccc32)C1. The highest BCUT2D eigenvalue weighted by Crippen LogP contribution is 2.33. The number of imidazole rings is 1. The van der Waals surface area contributed by atoms with Crippen LogP contribution in [0.4, 0.5) is 0 Å². The average molecular weight is 448 g/mol. The highest BCUT2D eigenvalue weighted by molar-refractivity contribution is 5.75. The minimum atomic E-state index is -0.322. The van der Waals surface area contributed by atoms with Crippen LogP contribution in [0.5, 0.6) is 0 Å². The quantitative estimate of drug-likeness (QED) is 0.582. The molecule has 1 aromatic carbocycles. The second-order valence-electron chi connectivity index (χ2n) is 9.89. The zero-order valence-electron chi connectivity index (χ0n) is 20.0. The van der Waals surface area contributed by atoms with E-state index in [0.29, 0.717) is 12.0 Å². The van der Waals surface area contributed by atoms with E-state index in [9.17, 15) is 5.11 Å². The number of nitrogens with zero attached hydrogens (tertiary/aromatic N) is 5. The van der Waals surface area contributed by atoms with E-state index in [-0.39, 0.29) is 6.23 Å². The van der Waals surface area contributed by atoms with Crippen molar-refractivity contribution in [3.63, 3.8) is 0 Å². The molecule has 33 heavy (non-hydrogen) atoms. The van der Waals surface area contributed by atoms with Crippen LogP contribution in [0.2, 0.25) is 0 Å². The van der Waals surface area contributed by atoms with Crippen LogP contribution >= 0.6 is 0 Å². The Hall–Kier alpha value is -2.28. The standard InChI is InChI=1S/C27H37N5O/c1-3-26(33)31-16-8-9-20(17-31)18-32-23-13-5-4-12-22(23)29-25(32)19-30(2)24-14-6-10-21-11-7-15-28-27(21)24/h4-5,7,11-13,15,20,24,26,33H,3,6,8-10,14,16-19H2,1-2H3/t20-,24+,26?/m1/s1. The fraction of sp³-hybridized carbons (Fsp3) is 0.556. The summed E-state index contributed by atoms with van der Waals surface area (Å²) in [5, 5.41) is 10.4. The van der Waals surface area contributed by atoms with E-state index in [4.69, 9.17) is 9.97 Å². The van der Waals surface area contributed by atoms with E-state index in [1.54, 1.807) is 0 Å². The molecule has 3 aromatic rings. The highest BCUT2D eigenvalue weighted by atomic mass is 16.3. The van der Waals surface area contributed by atoms with Crippen molar-refractivity contribution < 1.29 is 5.11 Å². The second-order valence-corrected chi connectivity index (χ2v) is 9.89. The van der Waals surface area contributed by atoms with Crippen LogP contribution in [0.25, 0.3) is 11.0 Å². The number of fused-ring (bicyclic) bond motifs is 2. The van der Waals surface area contributed by atoms with Crippen LogP contribution < -0.4 is 0 Å². The first-order valence-corrected chi connectivity index (χ1v) is 12.6. The zero-order chi connectivity index (χ0) is 22.8. The number of aryl methyl sites for hydroxylation is 1. The first kappa shape index (κ1) is 22.5. The Kier molecular flexibility index (Phi) is 6.76. The van der Waals surface area contributed by atoms with Crippen molar-refractivity contribution in [3.8, 4) is 0 Å². The largest absolute Gasteiger partial charge is 0.378 e. The Morgan fingerprint density at radius 2 is 2.03 bits per heavy atom. The molecule has 6 heteroatoms. The van der Waals surface area contributed by atoms with Gasteiger partial charge in [-0.25, -0.2) is 4.98 Å². The summed E-state index contributed by atoms with van der Waals surface area (Å²) in [5.74, 6) is 1.66. The number of para-hydroxylation sites is 2. The number of aliphatic hydroxyl groups is 1. The van der Waals surface area contributed by atoms with Gasteiger partial charge in [-0.1, -0.05) is 25.1 Å². The molecule has 0 saturated carbocycles. The fourth-order valence-electron chi connectivity index (χ4n) is 5.83. The van der Waals surface area contributed by atoms with E-state index in [1.807, 2.05) is 6.20 Å². The van der Waals surface area contributed by atoms with E-state index < -0.39 is 0 Å². The molecular weight excluding hydrogens is 410 g/mol. The predicted molar refractivity (Wildman–Crippen MR) is 132 cm³/mol. The molecule has 1 aliphatic heterocycles. The molecular formula is C27H37N5O. The molecule has 6 nitrogen and oxygen atoms in total. The minimum absolute atomic E-state index is 0.322. The van der Waals surface area contributed by atoms with Crippen molar-refractivity contribution in [1.29, 1.82) is 0 Å². The maximum absolute atomic E-state index is 10.4. The summed E-state index contributed by atoms with van der Waals surface area (Å²) in [6.45, 7) is 5.78. The monoisotopic (exact) mass is 447 g/mol. The van der Waals surface area contributed by atoms with Gasteiger partial charge in [0.2, 0.25) is 0 Å². The van der Waals surface area contributed by atoms with Crippen LogP contribution in [0, 0.1) is 5.92 Å². The van der Waals surface area contributed by atoms with E-state index >= 15 is 0 Å². The van der Waals surface area contributed by atoms with Gasteiger partial charge in [-0.3, -0.25) is 14.8 Å². The molecule has 1 fully saturated rings. The predicted octanol–water partition coefficient (Wildman–Crippen LogP) is 4.38. The van der Waals surface area contributed by atoms with Gasteiger partial charge in [-0.15, -0.1) is 0 Å². The molecule has 1 N–H and O–H groups in total. The highest BCUT2D eigenvalue weighted by Gasteiger charge is 2.28. The molecule has 3 atom stereocenters. The van der Waals surface area contributed by atoms with Gasteiger partial charge in [0.1, 0.15) is 12.1 Å². The van der Waals surface area contributed by atoms with Gasteiger partial charge >= 0.3 is 0 Å². The van der Waals surface area contributed by atoms with Crippen molar-refractivity contribution in [2.75, 3.05) is 20.1 Å². The van der Waals surface area contributed by atoms with Crippen molar-refractivity contribution in [2.45, 2.75) is 70.8 Å². The Labute approximate surface area is 197 Å². The van der Waals surface area contributed by atoms with E-state index in [0.717, 1.165) is 63.2 Å². The summed E-state index contributed by atoms with van der Waals surface area (Å²) < 4.78 is 2.44. The van der Waals surface area contributed by atoms with Crippen LogP contribution in [-0.2, 0) is 19.5 Å². The molecule has 0 amide bonds. The number of rotatable bonds is 7. The number of aromatic nitrogens is 3. The normalized spacial score (nSPS) is 22.5. The van der Waals surface area contributed by atoms with Gasteiger partial charge in [0.15, 0.2) is 0 Å². The van der Waals surface area contributed by atoms with Gasteiger partial charge in [0, 0.05) is 25.8 Å². The Bertz CT molecular complexity index is 1080. The van der Waals surface area contributed by atoms with E-state index in [1.165, 1.54) is 29.6 Å². The van der Waals surface area contributed by atoms with Crippen LogP contribution in [0.1, 0.15) is 62.2 Å². The van der Waals surface area contributed by atoms with Gasteiger partial charge in [-0.05, 0) is 75.3 Å². The maximum atomic E-state index is 10.4. The lowest BCUT2D eigenvalue weighted by atomic mass is 9.91. The Morgan fingerprint density at radius 1 is 1.15 bits per heavy atom. The number of hydrogen-bond acceptors (Lipinski definition) is 5. The Balaban J connectivity index is 1.39. The molecule has 0 radical (unpaired) electrons. The average Bonchev–Trinajstić information content (AvgIpc) is 3.20.